The van der Waals surface area contributed by atoms with Crippen LogP contribution in [0.5, 0.6) is 0 Å². The average molecular weight is 490 g/mol. The molecule has 4 rings (SSSR count). The molecule has 1 aliphatic heterocycles. The maximum Gasteiger partial charge on any atom is 0.241 e. The first-order chi connectivity index (χ1) is 14.5. The van der Waals surface area contributed by atoms with Gasteiger partial charge < -0.3 is 9.84 Å². The zero-order valence-electron chi connectivity index (χ0n) is 16.6. The molecule has 1 aromatic heterocycles. The third kappa shape index (κ3) is 5.09. The van der Waals surface area contributed by atoms with Gasteiger partial charge in [-0.2, -0.15) is 4.98 Å². The first-order valence-corrected chi connectivity index (χ1v) is 11.0. The number of anilines is 1. The fourth-order valence-corrected chi connectivity index (χ4v) is 4.01. The minimum absolute atomic E-state index is 0.00918. The number of carbonyl (C=O) groups is 1. The molecule has 0 atom stereocenters. The molecule has 0 aliphatic carbocycles. The highest BCUT2D eigenvalue weighted by atomic mass is 79.9. The number of nitrogens with zero attached hydrogens (tertiary/aromatic N) is 3. The molecule has 1 amide bonds. The van der Waals surface area contributed by atoms with Gasteiger partial charge in [-0.1, -0.05) is 44.8 Å². The smallest absolute Gasteiger partial charge is 0.241 e. The van der Waals surface area contributed by atoms with E-state index in [1.165, 1.54) is 0 Å². The summed E-state index contributed by atoms with van der Waals surface area (Å²) in [5, 5.41) is 7.73. The number of piperidine rings is 1. The number of halogens is 2. The molecule has 0 spiro atoms. The predicted octanol–water partition coefficient (Wildman–Crippen LogP) is 5.31. The molecule has 0 radical (unpaired) electrons. The van der Waals surface area contributed by atoms with Crippen LogP contribution in [0.1, 0.15) is 24.3 Å². The van der Waals surface area contributed by atoms with Crippen LogP contribution in [-0.4, -0.2) is 34.0 Å². The molecule has 1 saturated heterocycles. The predicted molar refractivity (Wildman–Crippen MR) is 120 cm³/mol. The van der Waals surface area contributed by atoms with Gasteiger partial charge in [-0.25, -0.2) is 0 Å². The number of aromatic nitrogens is 2. The van der Waals surface area contributed by atoms with Gasteiger partial charge >= 0.3 is 0 Å². The third-order valence-electron chi connectivity index (χ3n) is 5.29. The second-order valence-electron chi connectivity index (χ2n) is 7.53. The number of hydrogen-bond acceptors (Lipinski definition) is 5. The molecular weight excluding hydrogens is 468 g/mol. The highest BCUT2D eigenvalue weighted by molar-refractivity contribution is 9.10. The molecule has 156 valence electrons. The number of aryl methyl sites for hydroxylation is 1. The lowest BCUT2D eigenvalue weighted by atomic mass is 9.96. The molecular formula is C22H22BrClN4O2. The Balaban J connectivity index is 1.29. The summed E-state index contributed by atoms with van der Waals surface area (Å²) in [5.74, 6) is 1.19. The molecule has 1 aliphatic rings. The summed E-state index contributed by atoms with van der Waals surface area (Å²) < 4.78 is 6.44. The monoisotopic (exact) mass is 488 g/mol. The summed E-state index contributed by atoms with van der Waals surface area (Å²) in [7, 11) is 0. The second kappa shape index (κ2) is 9.29. The van der Waals surface area contributed by atoms with Crippen molar-refractivity contribution in [3.63, 3.8) is 0 Å². The molecule has 1 N–H and O–H groups in total. The largest absolute Gasteiger partial charge is 0.338 e. The van der Waals surface area contributed by atoms with Gasteiger partial charge in [0.1, 0.15) is 0 Å². The molecule has 1 fully saturated rings. The van der Waals surface area contributed by atoms with Crippen molar-refractivity contribution in [1.82, 2.24) is 15.0 Å². The van der Waals surface area contributed by atoms with Crippen LogP contribution < -0.4 is 5.32 Å². The van der Waals surface area contributed by atoms with Crippen LogP contribution in [-0.2, 0) is 11.3 Å². The van der Waals surface area contributed by atoms with Gasteiger partial charge in [-0.3, -0.25) is 9.69 Å². The summed E-state index contributed by atoms with van der Waals surface area (Å²) in [4.78, 5) is 19.3. The summed E-state index contributed by atoms with van der Waals surface area (Å²) in [6.07, 6.45) is 1.60. The Hall–Kier alpha value is -2.22. The van der Waals surface area contributed by atoms with Crippen molar-refractivity contribution in [1.29, 1.82) is 0 Å². The van der Waals surface area contributed by atoms with Gasteiger partial charge in [-0.05, 0) is 68.8 Å². The topological polar surface area (TPSA) is 71.3 Å². The fraction of sp³-hybridized carbons (Fsp3) is 0.318. The number of likely N-dealkylation sites (tertiary alicyclic amines) is 1. The van der Waals surface area contributed by atoms with Crippen LogP contribution >= 0.6 is 27.5 Å². The van der Waals surface area contributed by atoms with Crippen LogP contribution in [0.3, 0.4) is 0 Å². The maximum absolute atomic E-state index is 12.6. The van der Waals surface area contributed by atoms with Gasteiger partial charge in [0.2, 0.25) is 17.6 Å². The highest BCUT2D eigenvalue weighted by Crippen LogP contribution is 2.24. The first kappa shape index (κ1) is 21.0. The standard InChI is InChI=1S/C22H22BrClN4O2/c1-14-11-18(5-6-19(14)23)25-22(29)15-7-9-28(10-8-15)13-20-26-21(27-30-20)16-3-2-4-17(24)12-16/h2-6,11-12,15H,7-10,13H2,1H3,(H,25,29). The summed E-state index contributed by atoms with van der Waals surface area (Å²) in [6.45, 7) is 4.21. The minimum atomic E-state index is 0.00918. The van der Waals surface area contributed by atoms with Gasteiger partial charge in [-0.15, -0.1) is 0 Å². The van der Waals surface area contributed by atoms with E-state index in [1.807, 2.05) is 49.4 Å². The molecule has 6 nitrogen and oxygen atoms in total. The first-order valence-electron chi connectivity index (χ1n) is 9.86. The lowest BCUT2D eigenvalue weighted by Crippen LogP contribution is -2.37. The minimum Gasteiger partial charge on any atom is -0.338 e. The Kier molecular flexibility index (Phi) is 6.51. The summed E-state index contributed by atoms with van der Waals surface area (Å²) in [5.41, 5.74) is 2.76. The molecule has 8 heteroatoms. The van der Waals surface area contributed by atoms with E-state index in [4.69, 9.17) is 16.1 Å². The molecule has 2 aromatic carbocycles. The zero-order chi connectivity index (χ0) is 21.1. The Bertz CT molecular complexity index is 1050. The molecule has 0 saturated carbocycles. The van der Waals surface area contributed by atoms with Crippen molar-refractivity contribution < 1.29 is 9.32 Å². The lowest BCUT2D eigenvalue weighted by molar-refractivity contribution is -0.121. The number of rotatable bonds is 5. The van der Waals surface area contributed by atoms with E-state index in [9.17, 15) is 4.79 Å². The summed E-state index contributed by atoms with van der Waals surface area (Å²) >= 11 is 9.52. The van der Waals surface area contributed by atoms with E-state index >= 15 is 0 Å². The number of benzene rings is 2. The number of amides is 1. The van der Waals surface area contributed by atoms with Crippen molar-refractivity contribution in [2.45, 2.75) is 26.3 Å². The van der Waals surface area contributed by atoms with Crippen molar-refractivity contribution in [3.8, 4) is 11.4 Å². The van der Waals surface area contributed by atoms with Crippen molar-refractivity contribution in [2.24, 2.45) is 5.92 Å². The Labute approximate surface area is 188 Å². The van der Waals surface area contributed by atoms with Gasteiger partial charge in [0.15, 0.2) is 0 Å². The van der Waals surface area contributed by atoms with E-state index in [0.29, 0.717) is 23.3 Å². The van der Waals surface area contributed by atoms with Crippen LogP contribution in [0.15, 0.2) is 51.5 Å². The van der Waals surface area contributed by atoms with E-state index in [1.54, 1.807) is 0 Å². The number of carbonyl (C=O) groups excluding carboxylic acids is 1. The second-order valence-corrected chi connectivity index (χ2v) is 8.82. The molecule has 2 heterocycles. The average Bonchev–Trinajstić information content (AvgIpc) is 3.20. The van der Waals surface area contributed by atoms with E-state index in [-0.39, 0.29) is 11.8 Å². The normalized spacial score (nSPS) is 15.3. The Morgan fingerprint density at radius 3 is 2.80 bits per heavy atom. The number of hydrogen-bond donors (Lipinski definition) is 1. The van der Waals surface area contributed by atoms with Crippen LogP contribution in [0.2, 0.25) is 5.02 Å². The zero-order valence-corrected chi connectivity index (χ0v) is 18.9. The van der Waals surface area contributed by atoms with E-state index in [2.05, 4.69) is 36.3 Å². The van der Waals surface area contributed by atoms with E-state index in [0.717, 1.165) is 47.2 Å². The van der Waals surface area contributed by atoms with Crippen molar-refractivity contribution in [3.05, 3.63) is 63.4 Å². The Morgan fingerprint density at radius 1 is 1.27 bits per heavy atom. The quantitative estimate of drug-likeness (QED) is 0.526. The molecule has 0 bridgehead atoms. The van der Waals surface area contributed by atoms with Crippen LogP contribution in [0, 0.1) is 12.8 Å². The van der Waals surface area contributed by atoms with Crippen molar-refractivity contribution >= 4 is 39.1 Å². The number of nitrogens with one attached hydrogen (secondary N) is 1. The van der Waals surface area contributed by atoms with Gasteiger partial charge in [0.25, 0.3) is 0 Å². The van der Waals surface area contributed by atoms with Gasteiger partial charge in [0.05, 0.1) is 6.54 Å². The maximum atomic E-state index is 12.6. The van der Waals surface area contributed by atoms with Crippen LogP contribution in [0.4, 0.5) is 5.69 Å². The molecule has 30 heavy (non-hydrogen) atoms. The SMILES string of the molecule is Cc1cc(NC(=O)C2CCN(Cc3nc(-c4cccc(Cl)c4)no3)CC2)ccc1Br. The van der Waals surface area contributed by atoms with Crippen molar-refractivity contribution in [2.75, 3.05) is 18.4 Å². The lowest BCUT2D eigenvalue weighted by Gasteiger charge is -2.30. The summed E-state index contributed by atoms with van der Waals surface area (Å²) in [6, 6.07) is 13.2. The van der Waals surface area contributed by atoms with Crippen LogP contribution in [0.25, 0.3) is 11.4 Å². The van der Waals surface area contributed by atoms with E-state index < -0.39 is 0 Å². The fourth-order valence-electron chi connectivity index (χ4n) is 3.58. The Morgan fingerprint density at radius 2 is 2.07 bits per heavy atom. The molecule has 3 aromatic rings. The molecule has 0 unspecified atom stereocenters. The van der Waals surface area contributed by atoms with Gasteiger partial charge in [0, 0.05) is 26.7 Å². The highest BCUT2D eigenvalue weighted by Gasteiger charge is 2.26. The third-order valence-corrected chi connectivity index (χ3v) is 6.42.